The number of hydrogen-bond acceptors (Lipinski definition) is 3. The van der Waals surface area contributed by atoms with Crippen LogP contribution < -0.4 is 4.74 Å². The Labute approximate surface area is 173 Å². The third kappa shape index (κ3) is 3.49. The maximum atomic E-state index is 14.6. The summed E-state index contributed by atoms with van der Waals surface area (Å²) in [5, 5.41) is 5.26. The van der Waals surface area contributed by atoms with E-state index in [1.165, 1.54) is 10.7 Å². The van der Waals surface area contributed by atoms with Gasteiger partial charge in [-0.2, -0.15) is 9.78 Å². The monoisotopic (exact) mass is 413 g/mol. The minimum atomic E-state index is -0.489. The van der Waals surface area contributed by atoms with Crippen LogP contribution in [0.1, 0.15) is 25.1 Å². The summed E-state index contributed by atoms with van der Waals surface area (Å²) < 4.78 is 21.8. The van der Waals surface area contributed by atoms with Crippen molar-refractivity contribution >= 4 is 17.7 Å². The zero-order valence-corrected chi connectivity index (χ0v) is 17.0. The molecule has 7 heteroatoms. The maximum absolute atomic E-state index is 14.6. The van der Waals surface area contributed by atoms with Crippen molar-refractivity contribution in [1.82, 2.24) is 14.7 Å². The summed E-state index contributed by atoms with van der Waals surface area (Å²) in [7, 11) is 0. The summed E-state index contributed by atoms with van der Waals surface area (Å²) in [6.07, 6.45) is 0.928. The van der Waals surface area contributed by atoms with Crippen LogP contribution in [0, 0.1) is 5.82 Å². The summed E-state index contributed by atoms with van der Waals surface area (Å²) in [4.78, 5) is 14.3. The zero-order valence-electron chi connectivity index (χ0n) is 16.3. The highest BCUT2D eigenvalue weighted by Crippen LogP contribution is 2.42. The SMILES string of the molecule is CCN(CC)C(=O)Oc1c2c(nn1-c1ccccc1F)CCc1cc(Cl)ccc1-2. The van der Waals surface area contributed by atoms with Crippen LogP contribution >= 0.6 is 11.6 Å². The normalized spacial score (nSPS) is 12.3. The molecule has 0 unspecified atom stereocenters. The first kappa shape index (κ1) is 19.5. The van der Waals surface area contributed by atoms with Crippen LogP contribution in [0.25, 0.3) is 16.8 Å². The van der Waals surface area contributed by atoms with E-state index >= 15 is 0 Å². The van der Waals surface area contributed by atoms with E-state index in [4.69, 9.17) is 16.3 Å². The highest BCUT2D eigenvalue weighted by molar-refractivity contribution is 6.30. The van der Waals surface area contributed by atoms with Gasteiger partial charge in [-0.25, -0.2) is 9.18 Å². The average molecular weight is 414 g/mol. The van der Waals surface area contributed by atoms with Gasteiger partial charge in [0, 0.05) is 18.1 Å². The molecule has 2 aromatic carbocycles. The highest BCUT2D eigenvalue weighted by Gasteiger charge is 2.30. The van der Waals surface area contributed by atoms with E-state index in [0.717, 1.165) is 23.2 Å². The Morgan fingerprint density at radius 1 is 1.21 bits per heavy atom. The zero-order chi connectivity index (χ0) is 20.5. The Morgan fingerprint density at radius 3 is 2.69 bits per heavy atom. The number of amides is 1. The quantitative estimate of drug-likeness (QED) is 0.585. The molecular weight excluding hydrogens is 393 g/mol. The number of hydrogen-bond donors (Lipinski definition) is 0. The third-order valence-corrected chi connectivity index (χ3v) is 5.40. The van der Waals surface area contributed by atoms with Crippen molar-refractivity contribution in [2.75, 3.05) is 13.1 Å². The molecule has 1 heterocycles. The van der Waals surface area contributed by atoms with Crippen molar-refractivity contribution in [1.29, 1.82) is 0 Å². The van der Waals surface area contributed by atoms with Crippen molar-refractivity contribution in [3.8, 4) is 22.7 Å². The van der Waals surface area contributed by atoms with E-state index in [1.54, 1.807) is 29.2 Å². The number of halogens is 2. The molecule has 1 aliphatic carbocycles. The maximum Gasteiger partial charge on any atom is 0.416 e. The van der Waals surface area contributed by atoms with Gasteiger partial charge in [0.2, 0.25) is 5.88 Å². The lowest BCUT2D eigenvalue weighted by Crippen LogP contribution is -2.33. The molecular formula is C22H21ClFN3O2. The van der Waals surface area contributed by atoms with Gasteiger partial charge in [-0.3, -0.25) is 0 Å². The average Bonchev–Trinajstić information content (AvgIpc) is 3.07. The number of nitrogens with zero attached hydrogens (tertiary/aromatic N) is 3. The first-order valence-corrected chi connectivity index (χ1v) is 10.0. The summed E-state index contributed by atoms with van der Waals surface area (Å²) in [5.41, 5.74) is 3.68. The molecule has 0 bridgehead atoms. The van der Waals surface area contributed by atoms with Crippen molar-refractivity contribution in [2.24, 2.45) is 0 Å². The molecule has 1 aromatic heterocycles. The van der Waals surface area contributed by atoms with Gasteiger partial charge >= 0.3 is 6.09 Å². The molecule has 0 saturated heterocycles. The Hall–Kier alpha value is -2.86. The lowest BCUT2D eigenvalue weighted by Gasteiger charge is -2.20. The second-order valence-corrected chi connectivity index (χ2v) is 7.27. The van der Waals surface area contributed by atoms with Gasteiger partial charge in [-0.15, -0.1) is 0 Å². The number of fused-ring (bicyclic) bond motifs is 3. The van der Waals surface area contributed by atoms with Gasteiger partial charge in [-0.1, -0.05) is 29.8 Å². The first-order valence-electron chi connectivity index (χ1n) is 9.65. The number of para-hydroxylation sites is 1. The molecule has 0 saturated carbocycles. The van der Waals surface area contributed by atoms with Crippen LogP contribution in [0.4, 0.5) is 9.18 Å². The van der Waals surface area contributed by atoms with Gasteiger partial charge in [0.1, 0.15) is 11.5 Å². The minimum Gasteiger partial charge on any atom is -0.390 e. The van der Waals surface area contributed by atoms with Gasteiger partial charge in [0.05, 0.1) is 11.3 Å². The number of carbonyl (C=O) groups excluding carboxylic acids is 1. The van der Waals surface area contributed by atoms with Crippen LogP contribution in [0.3, 0.4) is 0 Å². The number of aromatic nitrogens is 2. The molecule has 29 heavy (non-hydrogen) atoms. The number of carbonyl (C=O) groups is 1. The van der Waals surface area contributed by atoms with E-state index in [0.29, 0.717) is 30.1 Å². The fourth-order valence-corrected chi connectivity index (χ4v) is 3.86. The van der Waals surface area contributed by atoms with E-state index in [-0.39, 0.29) is 11.6 Å². The van der Waals surface area contributed by atoms with Crippen LogP contribution in [0.5, 0.6) is 5.88 Å². The Morgan fingerprint density at radius 2 is 1.97 bits per heavy atom. The predicted octanol–water partition coefficient (Wildman–Crippen LogP) is 5.27. The molecule has 0 radical (unpaired) electrons. The fourth-order valence-electron chi connectivity index (χ4n) is 3.67. The van der Waals surface area contributed by atoms with Crippen molar-refractivity contribution < 1.29 is 13.9 Å². The van der Waals surface area contributed by atoms with E-state index in [2.05, 4.69) is 5.10 Å². The van der Waals surface area contributed by atoms with Gasteiger partial charge < -0.3 is 9.64 Å². The van der Waals surface area contributed by atoms with E-state index in [9.17, 15) is 9.18 Å². The molecule has 3 aromatic rings. The van der Waals surface area contributed by atoms with Crippen LogP contribution in [0.15, 0.2) is 42.5 Å². The Bertz CT molecular complexity index is 1080. The number of rotatable bonds is 4. The summed E-state index contributed by atoms with van der Waals surface area (Å²) in [6.45, 7) is 4.78. The summed E-state index contributed by atoms with van der Waals surface area (Å²) in [5.74, 6) is -0.214. The molecule has 4 rings (SSSR count). The molecule has 1 amide bonds. The Kier molecular flexibility index (Phi) is 5.28. The van der Waals surface area contributed by atoms with Crippen molar-refractivity contribution in [3.63, 3.8) is 0 Å². The molecule has 150 valence electrons. The molecule has 5 nitrogen and oxygen atoms in total. The van der Waals surface area contributed by atoms with Crippen molar-refractivity contribution in [3.05, 3.63) is 64.6 Å². The number of benzene rings is 2. The van der Waals surface area contributed by atoms with Crippen LogP contribution in [0.2, 0.25) is 5.02 Å². The number of ether oxygens (including phenoxy) is 1. The lowest BCUT2D eigenvalue weighted by atomic mass is 9.90. The summed E-state index contributed by atoms with van der Waals surface area (Å²) >= 11 is 6.17. The van der Waals surface area contributed by atoms with E-state index in [1.807, 2.05) is 26.0 Å². The van der Waals surface area contributed by atoms with Crippen LogP contribution in [-0.2, 0) is 12.8 Å². The molecule has 0 fully saturated rings. The standard InChI is InChI=1S/C22H21ClFN3O2/c1-3-26(4-2)22(28)29-21-20-16-11-10-15(23)13-14(16)9-12-18(20)25-27(21)19-8-6-5-7-17(19)24/h5-8,10-11,13H,3-4,9,12H2,1-2H3. The first-order chi connectivity index (χ1) is 14.0. The smallest absolute Gasteiger partial charge is 0.390 e. The van der Waals surface area contributed by atoms with Crippen molar-refractivity contribution in [2.45, 2.75) is 26.7 Å². The predicted molar refractivity (Wildman–Crippen MR) is 110 cm³/mol. The molecule has 1 aliphatic rings. The molecule has 0 spiro atoms. The van der Waals surface area contributed by atoms with Crippen LogP contribution in [-0.4, -0.2) is 33.9 Å². The molecule has 0 atom stereocenters. The Balaban J connectivity index is 1.91. The molecule has 0 N–H and O–H groups in total. The van der Waals surface area contributed by atoms with Gasteiger partial charge in [-0.05, 0) is 62.1 Å². The largest absolute Gasteiger partial charge is 0.416 e. The second kappa shape index (κ2) is 7.87. The lowest BCUT2D eigenvalue weighted by molar-refractivity contribution is 0.154. The molecule has 0 aliphatic heterocycles. The fraction of sp³-hybridized carbons (Fsp3) is 0.273. The van der Waals surface area contributed by atoms with Gasteiger partial charge in [0.15, 0.2) is 0 Å². The highest BCUT2D eigenvalue weighted by atomic mass is 35.5. The van der Waals surface area contributed by atoms with E-state index < -0.39 is 11.9 Å². The third-order valence-electron chi connectivity index (χ3n) is 5.17. The second-order valence-electron chi connectivity index (χ2n) is 6.83. The topological polar surface area (TPSA) is 47.4 Å². The summed E-state index contributed by atoms with van der Waals surface area (Å²) in [6, 6.07) is 11.9. The van der Waals surface area contributed by atoms with Gasteiger partial charge in [0.25, 0.3) is 0 Å². The minimum absolute atomic E-state index is 0.227. The number of aryl methyl sites for hydroxylation is 2.